The highest BCUT2D eigenvalue weighted by molar-refractivity contribution is 9.10. The highest BCUT2D eigenvalue weighted by Gasteiger charge is 2.12. The number of aromatic nitrogens is 2. The molecule has 0 spiro atoms. The van der Waals surface area contributed by atoms with Gasteiger partial charge in [0.1, 0.15) is 0 Å². The summed E-state index contributed by atoms with van der Waals surface area (Å²) < 4.78 is 12.1. The van der Waals surface area contributed by atoms with E-state index < -0.39 is 0 Å². The Kier molecular flexibility index (Phi) is 5.46. The molecular formula is C19H20BrN3O3. The van der Waals surface area contributed by atoms with Gasteiger partial charge in [-0.3, -0.25) is 4.99 Å². The topological polar surface area (TPSA) is 79.5 Å². The lowest BCUT2D eigenvalue weighted by atomic mass is 10.2. The number of aliphatic imine (C=N–C) groups is 1. The molecule has 0 saturated heterocycles. The van der Waals surface area contributed by atoms with Gasteiger partial charge in [0.15, 0.2) is 11.5 Å². The summed E-state index contributed by atoms with van der Waals surface area (Å²) in [5, 5.41) is 0. The first-order valence-corrected chi connectivity index (χ1v) is 9.02. The van der Waals surface area contributed by atoms with Crippen molar-refractivity contribution in [3.8, 4) is 11.5 Å². The number of hydrogen-bond acceptors (Lipinski definition) is 4. The zero-order chi connectivity index (χ0) is 18.7. The van der Waals surface area contributed by atoms with Gasteiger partial charge in [0.05, 0.1) is 34.9 Å². The molecule has 1 heterocycles. The maximum atomic E-state index is 11.3. The molecule has 136 valence electrons. The minimum atomic E-state index is -0.230. The maximum absolute atomic E-state index is 11.3. The molecule has 7 heteroatoms. The standard InChI is InChI=1S/C19H20BrN3O3/c1-11(2)10-26-18-14(20)6-12(7-17(18)25-3)9-21-13-4-5-15-16(8-13)23-19(24)22-15/h4-9,11H,10H2,1-3H3,(H2,22,23,24). The fourth-order valence-corrected chi connectivity index (χ4v) is 3.03. The van der Waals surface area contributed by atoms with Gasteiger partial charge >= 0.3 is 5.69 Å². The Labute approximate surface area is 159 Å². The first-order valence-electron chi connectivity index (χ1n) is 8.22. The number of halogens is 1. The van der Waals surface area contributed by atoms with Crippen molar-refractivity contribution < 1.29 is 9.47 Å². The average molecular weight is 418 g/mol. The van der Waals surface area contributed by atoms with Crippen LogP contribution in [0.4, 0.5) is 5.69 Å². The molecule has 0 aliphatic carbocycles. The van der Waals surface area contributed by atoms with Gasteiger partial charge in [0.25, 0.3) is 0 Å². The molecule has 2 aromatic carbocycles. The Bertz CT molecular complexity index is 1000. The Morgan fingerprint density at radius 2 is 1.96 bits per heavy atom. The average Bonchev–Trinajstić information content (AvgIpc) is 2.97. The lowest BCUT2D eigenvalue weighted by Crippen LogP contribution is -2.06. The normalized spacial score (nSPS) is 11.6. The van der Waals surface area contributed by atoms with Crippen molar-refractivity contribution in [2.75, 3.05) is 13.7 Å². The van der Waals surface area contributed by atoms with Gasteiger partial charge in [0.2, 0.25) is 0 Å². The summed E-state index contributed by atoms with van der Waals surface area (Å²) in [5.74, 6) is 1.75. The molecule has 2 N–H and O–H groups in total. The second-order valence-corrected chi connectivity index (χ2v) is 7.16. The number of H-pyrrole nitrogens is 2. The fraction of sp³-hybridized carbons (Fsp3) is 0.263. The first-order chi connectivity index (χ1) is 12.5. The number of rotatable bonds is 6. The Morgan fingerprint density at radius 3 is 2.69 bits per heavy atom. The smallest absolute Gasteiger partial charge is 0.323 e. The highest BCUT2D eigenvalue weighted by Crippen LogP contribution is 2.36. The molecule has 0 saturated carbocycles. The van der Waals surface area contributed by atoms with Crippen molar-refractivity contribution in [1.82, 2.24) is 9.97 Å². The van der Waals surface area contributed by atoms with Gasteiger partial charge in [-0.1, -0.05) is 13.8 Å². The molecule has 0 aliphatic heterocycles. The summed E-state index contributed by atoms with van der Waals surface area (Å²) >= 11 is 3.54. The van der Waals surface area contributed by atoms with Crippen molar-refractivity contribution in [1.29, 1.82) is 0 Å². The van der Waals surface area contributed by atoms with Crippen LogP contribution < -0.4 is 15.2 Å². The van der Waals surface area contributed by atoms with Crippen LogP contribution in [0.1, 0.15) is 19.4 Å². The number of ether oxygens (including phenoxy) is 2. The van der Waals surface area contributed by atoms with Crippen LogP contribution in [0, 0.1) is 5.92 Å². The molecular weight excluding hydrogens is 398 g/mol. The fourth-order valence-electron chi connectivity index (χ4n) is 2.45. The van der Waals surface area contributed by atoms with E-state index >= 15 is 0 Å². The van der Waals surface area contributed by atoms with Gasteiger partial charge in [0, 0.05) is 6.21 Å². The first kappa shape index (κ1) is 18.3. The summed E-state index contributed by atoms with van der Waals surface area (Å²) in [7, 11) is 1.61. The van der Waals surface area contributed by atoms with Crippen molar-refractivity contribution >= 4 is 38.9 Å². The maximum Gasteiger partial charge on any atom is 0.323 e. The van der Waals surface area contributed by atoms with E-state index in [1.807, 2.05) is 30.3 Å². The van der Waals surface area contributed by atoms with Gasteiger partial charge in [-0.15, -0.1) is 0 Å². The number of fused-ring (bicyclic) bond motifs is 1. The lowest BCUT2D eigenvalue weighted by molar-refractivity contribution is 0.255. The Balaban J connectivity index is 1.86. The zero-order valence-corrected chi connectivity index (χ0v) is 16.4. The molecule has 3 aromatic rings. The molecule has 26 heavy (non-hydrogen) atoms. The summed E-state index contributed by atoms with van der Waals surface area (Å²) in [6.07, 6.45) is 1.74. The number of nitrogens with one attached hydrogen (secondary N) is 2. The SMILES string of the molecule is COc1cc(C=Nc2ccc3[nH]c(=O)[nH]c3c2)cc(Br)c1OCC(C)C. The van der Waals surface area contributed by atoms with Crippen LogP contribution in [-0.2, 0) is 0 Å². The summed E-state index contributed by atoms with van der Waals surface area (Å²) in [6.45, 7) is 4.79. The van der Waals surface area contributed by atoms with Gasteiger partial charge in [-0.25, -0.2) is 4.79 Å². The minimum absolute atomic E-state index is 0.230. The number of hydrogen-bond donors (Lipinski definition) is 2. The molecule has 3 rings (SSSR count). The van der Waals surface area contributed by atoms with Gasteiger partial charge < -0.3 is 19.4 Å². The van der Waals surface area contributed by atoms with E-state index in [-0.39, 0.29) is 5.69 Å². The molecule has 0 bridgehead atoms. The predicted octanol–water partition coefficient (Wildman–Crippen LogP) is 4.41. The molecule has 0 radical (unpaired) electrons. The largest absolute Gasteiger partial charge is 0.493 e. The van der Waals surface area contributed by atoms with E-state index in [2.05, 4.69) is 44.7 Å². The second kappa shape index (κ2) is 7.78. The predicted molar refractivity (Wildman–Crippen MR) is 107 cm³/mol. The van der Waals surface area contributed by atoms with Crippen LogP contribution in [0.15, 0.2) is 44.6 Å². The van der Waals surface area contributed by atoms with Crippen LogP contribution in [0.3, 0.4) is 0 Å². The lowest BCUT2D eigenvalue weighted by Gasteiger charge is -2.14. The Hall–Kier alpha value is -2.54. The molecule has 0 aliphatic rings. The van der Waals surface area contributed by atoms with Crippen molar-refractivity contribution in [2.45, 2.75) is 13.8 Å². The number of nitrogens with zero attached hydrogens (tertiary/aromatic N) is 1. The second-order valence-electron chi connectivity index (χ2n) is 6.31. The van der Waals surface area contributed by atoms with Crippen molar-refractivity contribution in [2.24, 2.45) is 10.9 Å². The van der Waals surface area contributed by atoms with Gasteiger partial charge in [-0.05, 0) is 57.7 Å². The Morgan fingerprint density at radius 1 is 1.19 bits per heavy atom. The van der Waals surface area contributed by atoms with Gasteiger partial charge in [-0.2, -0.15) is 0 Å². The summed E-state index contributed by atoms with van der Waals surface area (Å²) in [5.41, 5.74) is 2.86. The van der Waals surface area contributed by atoms with E-state index in [1.54, 1.807) is 13.3 Å². The monoisotopic (exact) mass is 417 g/mol. The van der Waals surface area contributed by atoms with Crippen LogP contribution in [-0.4, -0.2) is 29.9 Å². The van der Waals surface area contributed by atoms with Crippen molar-refractivity contribution in [3.05, 3.63) is 50.9 Å². The summed E-state index contributed by atoms with van der Waals surface area (Å²) in [6, 6.07) is 9.28. The van der Waals surface area contributed by atoms with Crippen LogP contribution in [0.25, 0.3) is 11.0 Å². The molecule has 0 unspecified atom stereocenters. The van der Waals surface area contributed by atoms with E-state index in [0.717, 1.165) is 26.8 Å². The quantitative estimate of drug-likeness (QED) is 0.582. The third-order valence-electron chi connectivity index (χ3n) is 3.68. The molecule has 0 amide bonds. The van der Waals surface area contributed by atoms with Crippen LogP contribution in [0.2, 0.25) is 0 Å². The van der Waals surface area contributed by atoms with E-state index in [1.165, 1.54) is 0 Å². The third-order valence-corrected chi connectivity index (χ3v) is 4.26. The zero-order valence-electron chi connectivity index (χ0n) is 14.8. The van der Waals surface area contributed by atoms with Crippen molar-refractivity contribution in [3.63, 3.8) is 0 Å². The van der Waals surface area contributed by atoms with Crippen LogP contribution in [0.5, 0.6) is 11.5 Å². The molecule has 0 fully saturated rings. The van der Waals surface area contributed by atoms with Crippen LogP contribution >= 0.6 is 15.9 Å². The van der Waals surface area contributed by atoms with E-state index in [9.17, 15) is 4.79 Å². The highest BCUT2D eigenvalue weighted by atomic mass is 79.9. The number of imidazole rings is 1. The number of benzene rings is 2. The van der Waals surface area contributed by atoms with E-state index in [4.69, 9.17) is 9.47 Å². The number of aromatic amines is 2. The third kappa shape index (κ3) is 4.16. The van der Waals surface area contributed by atoms with E-state index in [0.29, 0.717) is 24.0 Å². The summed E-state index contributed by atoms with van der Waals surface area (Å²) in [4.78, 5) is 21.2. The minimum Gasteiger partial charge on any atom is -0.493 e. The molecule has 6 nitrogen and oxygen atoms in total. The molecule has 1 aromatic heterocycles. The number of methoxy groups -OCH3 is 1. The molecule has 0 atom stereocenters.